The van der Waals surface area contributed by atoms with Gasteiger partial charge in [-0.1, -0.05) is 18.6 Å². The van der Waals surface area contributed by atoms with E-state index < -0.39 is 23.5 Å². The van der Waals surface area contributed by atoms with Crippen LogP contribution in [0.3, 0.4) is 0 Å². The summed E-state index contributed by atoms with van der Waals surface area (Å²) in [5.74, 6) is -1.69. The lowest BCUT2D eigenvalue weighted by Crippen LogP contribution is -2.40. The van der Waals surface area contributed by atoms with Gasteiger partial charge in [0, 0.05) is 19.0 Å². The zero-order chi connectivity index (χ0) is 19.0. The van der Waals surface area contributed by atoms with Crippen LogP contribution in [0.2, 0.25) is 0 Å². The predicted octanol–water partition coefficient (Wildman–Crippen LogP) is 2.99. The number of hydrogen-bond donors (Lipinski definition) is 1. The maximum atomic E-state index is 13.8. The van der Waals surface area contributed by atoms with Gasteiger partial charge in [-0.2, -0.15) is 0 Å². The van der Waals surface area contributed by atoms with Crippen LogP contribution in [-0.2, 0) is 9.59 Å². The van der Waals surface area contributed by atoms with E-state index >= 15 is 0 Å². The minimum atomic E-state index is -0.703. The van der Waals surface area contributed by atoms with Gasteiger partial charge in [-0.15, -0.1) is 0 Å². The number of halogens is 1. The highest BCUT2D eigenvalue weighted by atomic mass is 19.1. The minimum absolute atomic E-state index is 0.118. The lowest BCUT2D eigenvalue weighted by atomic mass is 9.94. The number of aliphatic hydroxyl groups excluding tert-OH is 1. The first-order valence-corrected chi connectivity index (χ1v) is 9.82. The van der Waals surface area contributed by atoms with Crippen LogP contribution in [-0.4, -0.2) is 52.8 Å². The Morgan fingerprint density at radius 3 is 2.56 bits per heavy atom. The number of piperidine rings is 1. The van der Waals surface area contributed by atoms with Crippen LogP contribution < -0.4 is 0 Å². The van der Waals surface area contributed by atoms with Crippen LogP contribution in [0.15, 0.2) is 35.6 Å². The molecule has 3 aliphatic rings. The number of rotatable bonds is 6. The molecule has 0 spiro atoms. The van der Waals surface area contributed by atoms with E-state index in [0.717, 1.165) is 38.8 Å². The average Bonchev–Trinajstić information content (AvgIpc) is 3.49. The van der Waals surface area contributed by atoms with Crippen molar-refractivity contribution in [2.75, 3.05) is 26.2 Å². The quantitative estimate of drug-likeness (QED) is 0.834. The molecule has 1 unspecified atom stereocenters. The summed E-state index contributed by atoms with van der Waals surface area (Å²) >= 11 is 0. The van der Waals surface area contributed by atoms with Crippen molar-refractivity contribution in [1.29, 1.82) is 0 Å². The van der Waals surface area contributed by atoms with Gasteiger partial charge in [-0.05, 0) is 56.5 Å². The fraction of sp³-hybridized carbons (Fsp3) is 0.524. The molecule has 0 bridgehead atoms. The summed E-state index contributed by atoms with van der Waals surface area (Å²) in [6.45, 7) is 3.10. The van der Waals surface area contributed by atoms with Crippen LogP contribution in [0.4, 0.5) is 4.39 Å². The fourth-order valence-corrected chi connectivity index (χ4v) is 4.16. The van der Waals surface area contributed by atoms with Gasteiger partial charge in [-0.25, -0.2) is 4.39 Å². The third-order valence-corrected chi connectivity index (χ3v) is 5.79. The molecule has 4 rings (SSSR count). The Kier molecular flexibility index (Phi) is 5.00. The molecule has 144 valence electrons. The molecule has 1 atom stereocenters. The topological polar surface area (TPSA) is 60.9 Å². The summed E-state index contributed by atoms with van der Waals surface area (Å²) in [6.07, 6.45) is 5.10. The normalized spacial score (nSPS) is 24.0. The Morgan fingerprint density at radius 1 is 1.15 bits per heavy atom. The molecule has 2 aliphatic heterocycles. The highest BCUT2D eigenvalue weighted by molar-refractivity contribution is 6.10. The van der Waals surface area contributed by atoms with Crippen molar-refractivity contribution in [1.82, 2.24) is 9.80 Å². The van der Waals surface area contributed by atoms with Crippen molar-refractivity contribution in [3.8, 4) is 0 Å². The van der Waals surface area contributed by atoms with E-state index in [1.807, 2.05) is 0 Å². The highest BCUT2D eigenvalue weighted by Crippen LogP contribution is 2.43. The third-order valence-electron chi connectivity index (χ3n) is 5.79. The van der Waals surface area contributed by atoms with Crippen LogP contribution in [0, 0.1) is 11.7 Å². The van der Waals surface area contributed by atoms with Crippen LogP contribution >= 0.6 is 0 Å². The second-order valence-electron chi connectivity index (χ2n) is 7.76. The van der Waals surface area contributed by atoms with Gasteiger partial charge in [0.1, 0.15) is 5.82 Å². The van der Waals surface area contributed by atoms with Crippen LogP contribution in [0.5, 0.6) is 0 Å². The third kappa shape index (κ3) is 3.63. The summed E-state index contributed by atoms with van der Waals surface area (Å²) < 4.78 is 13.8. The number of ketones is 1. The van der Waals surface area contributed by atoms with E-state index in [1.54, 1.807) is 12.1 Å². The summed E-state index contributed by atoms with van der Waals surface area (Å²) in [6, 6.07) is 5.28. The molecule has 2 fully saturated rings. The standard InChI is InChI=1S/C21H25FN2O3/c22-16-6-4-5-15(13-16)18-17(19(25)14-7-8-14)20(26)21(27)24(18)12-11-23-9-2-1-3-10-23/h4-6,13-14,18,26H,1-3,7-12H2. The Morgan fingerprint density at radius 2 is 1.89 bits per heavy atom. The van der Waals surface area contributed by atoms with Crippen molar-refractivity contribution in [3.63, 3.8) is 0 Å². The molecule has 27 heavy (non-hydrogen) atoms. The van der Waals surface area contributed by atoms with E-state index in [2.05, 4.69) is 4.90 Å². The molecular weight excluding hydrogens is 347 g/mol. The van der Waals surface area contributed by atoms with Gasteiger partial charge < -0.3 is 14.9 Å². The first-order chi connectivity index (χ1) is 13.1. The first-order valence-electron chi connectivity index (χ1n) is 9.82. The summed E-state index contributed by atoms with van der Waals surface area (Å²) in [5.41, 5.74) is 0.682. The van der Waals surface area contributed by atoms with E-state index in [-0.39, 0.29) is 17.3 Å². The van der Waals surface area contributed by atoms with Crippen LogP contribution in [0.1, 0.15) is 43.7 Å². The number of carbonyl (C=O) groups is 2. The molecule has 1 saturated carbocycles. The number of Topliss-reactive ketones (excluding diaryl/α,β-unsaturated/α-hetero) is 1. The maximum absolute atomic E-state index is 13.8. The monoisotopic (exact) mass is 372 g/mol. The molecule has 1 aliphatic carbocycles. The Labute approximate surface area is 158 Å². The zero-order valence-electron chi connectivity index (χ0n) is 15.4. The molecule has 1 aromatic rings. The van der Waals surface area contributed by atoms with Crippen molar-refractivity contribution < 1.29 is 19.1 Å². The summed E-state index contributed by atoms with van der Waals surface area (Å²) in [4.78, 5) is 29.4. The van der Waals surface area contributed by atoms with Gasteiger partial charge in [0.15, 0.2) is 11.5 Å². The molecule has 6 heteroatoms. The lowest BCUT2D eigenvalue weighted by molar-refractivity contribution is -0.129. The van der Waals surface area contributed by atoms with E-state index in [0.29, 0.717) is 18.7 Å². The van der Waals surface area contributed by atoms with Gasteiger partial charge in [-0.3, -0.25) is 9.59 Å². The number of benzene rings is 1. The number of carbonyl (C=O) groups excluding carboxylic acids is 2. The second kappa shape index (κ2) is 7.43. The molecule has 1 N–H and O–H groups in total. The first kappa shape index (κ1) is 18.2. The second-order valence-corrected chi connectivity index (χ2v) is 7.76. The van der Waals surface area contributed by atoms with E-state index in [4.69, 9.17) is 0 Å². The largest absolute Gasteiger partial charge is 0.503 e. The smallest absolute Gasteiger partial charge is 0.290 e. The number of likely N-dealkylation sites (tertiary alicyclic amines) is 1. The number of amides is 1. The van der Waals surface area contributed by atoms with E-state index in [9.17, 15) is 19.1 Å². The van der Waals surface area contributed by atoms with Crippen LogP contribution in [0.25, 0.3) is 0 Å². The molecule has 5 nitrogen and oxygen atoms in total. The molecule has 0 aromatic heterocycles. The molecule has 0 radical (unpaired) electrons. The van der Waals surface area contributed by atoms with Gasteiger partial charge in [0.05, 0.1) is 11.6 Å². The number of nitrogens with zero attached hydrogens (tertiary/aromatic N) is 2. The van der Waals surface area contributed by atoms with E-state index in [1.165, 1.54) is 23.5 Å². The lowest BCUT2D eigenvalue weighted by Gasteiger charge is -2.31. The van der Waals surface area contributed by atoms with Crippen molar-refractivity contribution in [2.24, 2.45) is 5.92 Å². The number of hydrogen-bond acceptors (Lipinski definition) is 4. The maximum Gasteiger partial charge on any atom is 0.290 e. The van der Waals surface area contributed by atoms with Gasteiger partial charge in [0.25, 0.3) is 5.91 Å². The van der Waals surface area contributed by atoms with Crippen molar-refractivity contribution in [3.05, 3.63) is 47.0 Å². The number of aliphatic hydroxyl groups is 1. The fourth-order valence-electron chi connectivity index (χ4n) is 4.16. The minimum Gasteiger partial charge on any atom is -0.503 e. The Balaban J connectivity index is 1.62. The Hall–Kier alpha value is -2.21. The molecule has 1 saturated heterocycles. The van der Waals surface area contributed by atoms with Crippen molar-refractivity contribution in [2.45, 2.75) is 38.1 Å². The molecular formula is C21H25FN2O3. The van der Waals surface area contributed by atoms with Gasteiger partial charge >= 0.3 is 0 Å². The molecule has 2 heterocycles. The Bertz CT molecular complexity index is 781. The average molecular weight is 372 g/mol. The highest BCUT2D eigenvalue weighted by Gasteiger charge is 2.47. The van der Waals surface area contributed by atoms with Crippen molar-refractivity contribution >= 4 is 11.7 Å². The predicted molar refractivity (Wildman–Crippen MR) is 98.5 cm³/mol. The molecule has 1 aromatic carbocycles. The summed E-state index contributed by atoms with van der Waals surface area (Å²) in [5, 5.41) is 10.5. The SMILES string of the molecule is O=C(C1=C(O)C(=O)N(CCN2CCCCC2)C1c1cccc(F)c1)C1CC1. The van der Waals surface area contributed by atoms with Gasteiger partial charge in [0.2, 0.25) is 0 Å². The summed E-state index contributed by atoms with van der Waals surface area (Å²) in [7, 11) is 0. The zero-order valence-corrected chi connectivity index (χ0v) is 15.4. The molecule has 1 amide bonds.